The summed E-state index contributed by atoms with van der Waals surface area (Å²) in [5, 5.41) is 10.9. The lowest BCUT2D eigenvalue weighted by atomic mass is 9.97. The second-order valence-electron chi connectivity index (χ2n) is 8.47. The van der Waals surface area contributed by atoms with Crippen molar-refractivity contribution in [1.82, 2.24) is 19.8 Å². The third kappa shape index (κ3) is 5.20. The molecule has 2 aliphatic rings. The molecule has 5 nitrogen and oxygen atoms in total. The lowest BCUT2D eigenvalue weighted by molar-refractivity contribution is 0.0231. The van der Waals surface area contributed by atoms with Crippen LogP contribution in [-0.4, -0.2) is 57.2 Å². The molecule has 2 unspecified atom stereocenters. The summed E-state index contributed by atoms with van der Waals surface area (Å²) in [5.74, 6) is -0.654. The van der Waals surface area contributed by atoms with Gasteiger partial charge in [0.2, 0.25) is 0 Å². The minimum Gasteiger partial charge on any atom is -0.390 e. The molecule has 2 saturated heterocycles. The Morgan fingerprint density at radius 3 is 1.67 bits per heavy atom. The Balaban J connectivity index is 1.41. The van der Waals surface area contributed by atoms with Crippen LogP contribution in [0.1, 0.15) is 62.0 Å². The predicted octanol–water partition coefficient (Wildman–Crippen LogP) is 3.87. The van der Waals surface area contributed by atoms with Crippen molar-refractivity contribution in [2.24, 2.45) is 0 Å². The van der Waals surface area contributed by atoms with E-state index in [1.54, 1.807) is 12.1 Å². The predicted molar refractivity (Wildman–Crippen MR) is 111 cm³/mol. The number of likely N-dealkylation sites (tertiary alicyclic amines) is 2. The van der Waals surface area contributed by atoms with E-state index in [0.29, 0.717) is 13.1 Å². The van der Waals surface area contributed by atoms with E-state index in [4.69, 9.17) is 0 Å². The van der Waals surface area contributed by atoms with Gasteiger partial charge in [-0.3, -0.25) is 19.8 Å². The van der Waals surface area contributed by atoms with E-state index < -0.39 is 6.10 Å². The number of aromatic nitrogens is 2. The zero-order valence-corrected chi connectivity index (χ0v) is 17.3. The molecule has 0 amide bonds. The minimum atomic E-state index is -0.507. The summed E-state index contributed by atoms with van der Waals surface area (Å²) in [6.45, 7) is 2.93. The van der Waals surface area contributed by atoms with Gasteiger partial charge in [-0.25, -0.2) is 8.78 Å². The van der Waals surface area contributed by atoms with Crippen LogP contribution in [0.2, 0.25) is 0 Å². The molecule has 30 heavy (non-hydrogen) atoms. The first-order chi connectivity index (χ1) is 14.6. The van der Waals surface area contributed by atoms with Gasteiger partial charge < -0.3 is 5.11 Å². The number of pyridine rings is 2. The number of aliphatic hydroxyl groups excluding tert-OH is 1. The largest absolute Gasteiger partial charge is 0.390 e. The average Bonchev–Trinajstić information content (AvgIpc) is 2.76. The van der Waals surface area contributed by atoms with Crippen molar-refractivity contribution in [3.63, 3.8) is 0 Å². The molecule has 2 aromatic rings. The Kier molecular flexibility index (Phi) is 7.02. The highest BCUT2D eigenvalue weighted by molar-refractivity contribution is 5.12. The first-order valence-electron chi connectivity index (χ1n) is 11.0. The monoisotopic (exact) mass is 416 g/mol. The topological polar surface area (TPSA) is 52.5 Å². The van der Waals surface area contributed by atoms with E-state index in [-0.39, 0.29) is 23.7 Å². The van der Waals surface area contributed by atoms with Crippen LogP contribution in [0.3, 0.4) is 0 Å². The summed E-state index contributed by atoms with van der Waals surface area (Å²) < 4.78 is 26.5. The van der Waals surface area contributed by atoms with Crippen molar-refractivity contribution in [3.8, 4) is 0 Å². The Hall–Kier alpha value is -1.96. The van der Waals surface area contributed by atoms with Gasteiger partial charge in [0.1, 0.15) is 11.6 Å². The minimum absolute atomic E-state index is 0.116. The van der Waals surface area contributed by atoms with E-state index in [1.165, 1.54) is 24.5 Å². The normalized spacial score (nSPS) is 24.6. The second-order valence-corrected chi connectivity index (χ2v) is 8.47. The van der Waals surface area contributed by atoms with Gasteiger partial charge in [0, 0.05) is 13.1 Å². The van der Waals surface area contributed by atoms with Crippen molar-refractivity contribution in [2.75, 3.05) is 26.2 Å². The number of β-amino-alcohol motifs (C(OH)–C–C–N with tert-alkyl or cyclic N) is 1. The highest BCUT2D eigenvalue weighted by atomic mass is 19.1. The standard InChI is InChI=1S/C23H30F2N4O/c24-17-7-9-20(26-13-17)22-5-1-3-11-28(22)15-19(30)16-29-12-4-2-6-23(29)21-10-8-18(25)14-27-21/h7-10,13-14,19,22-23,30H,1-6,11-12,15-16H2. The summed E-state index contributed by atoms with van der Waals surface area (Å²) in [4.78, 5) is 13.1. The molecular formula is C23H30F2N4O. The molecule has 0 aliphatic carbocycles. The van der Waals surface area contributed by atoms with Crippen molar-refractivity contribution in [3.05, 3.63) is 59.7 Å². The van der Waals surface area contributed by atoms with Gasteiger partial charge in [-0.1, -0.05) is 12.8 Å². The van der Waals surface area contributed by atoms with Crippen LogP contribution < -0.4 is 0 Å². The highest BCUT2D eigenvalue weighted by Crippen LogP contribution is 2.32. The third-order valence-electron chi connectivity index (χ3n) is 6.30. The Labute approximate surface area is 176 Å². The first kappa shape index (κ1) is 21.3. The van der Waals surface area contributed by atoms with Crippen LogP contribution in [0.15, 0.2) is 36.7 Å². The number of nitrogens with zero attached hydrogens (tertiary/aromatic N) is 4. The average molecular weight is 417 g/mol. The van der Waals surface area contributed by atoms with Crippen molar-refractivity contribution in [1.29, 1.82) is 0 Å². The molecule has 2 atom stereocenters. The van der Waals surface area contributed by atoms with Crippen molar-refractivity contribution in [2.45, 2.75) is 56.7 Å². The summed E-state index contributed by atoms with van der Waals surface area (Å²) in [5.41, 5.74) is 1.74. The van der Waals surface area contributed by atoms with Crippen LogP contribution in [-0.2, 0) is 0 Å². The lowest BCUT2D eigenvalue weighted by Gasteiger charge is -2.40. The van der Waals surface area contributed by atoms with Gasteiger partial charge in [-0.05, 0) is 63.0 Å². The zero-order valence-electron chi connectivity index (χ0n) is 17.3. The molecule has 7 heteroatoms. The Morgan fingerprint density at radius 1 is 0.800 bits per heavy atom. The molecule has 162 valence electrons. The molecule has 0 spiro atoms. The zero-order chi connectivity index (χ0) is 20.9. The first-order valence-corrected chi connectivity index (χ1v) is 11.0. The molecule has 0 aromatic carbocycles. The summed E-state index contributed by atoms with van der Waals surface area (Å²) in [7, 11) is 0. The maximum atomic E-state index is 13.3. The third-order valence-corrected chi connectivity index (χ3v) is 6.30. The quantitative estimate of drug-likeness (QED) is 0.775. The highest BCUT2D eigenvalue weighted by Gasteiger charge is 2.30. The number of rotatable bonds is 6. The second kappa shape index (κ2) is 9.90. The number of aliphatic hydroxyl groups is 1. The van der Waals surface area contributed by atoms with E-state index >= 15 is 0 Å². The molecule has 4 heterocycles. The van der Waals surface area contributed by atoms with Crippen molar-refractivity contribution < 1.29 is 13.9 Å². The maximum Gasteiger partial charge on any atom is 0.141 e. The SMILES string of the molecule is OC(CN1CCCCC1c1ccc(F)cn1)CN1CCCCC1c1ccc(F)cn1. The van der Waals surface area contributed by atoms with E-state index in [1.807, 2.05) is 0 Å². The summed E-state index contributed by atoms with van der Waals surface area (Å²) >= 11 is 0. The van der Waals surface area contributed by atoms with E-state index in [0.717, 1.165) is 63.0 Å². The molecule has 0 bridgehead atoms. The Morgan fingerprint density at radius 2 is 1.27 bits per heavy atom. The number of hydrogen-bond donors (Lipinski definition) is 1. The molecular weight excluding hydrogens is 386 g/mol. The summed E-state index contributed by atoms with van der Waals surface area (Å²) in [6.07, 6.45) is 8.38. The van der Waals surface area contributed by atoms with Crippen LogP contribution in [0.25, 0.3) is 0 Å². The Bertz CT molecular complexity index is 734. The van der Waals surface area contributed by atoms with Gasteiger partial charge in [0.05, 0.1) is 42.0 Å². The van der Waals surface area contributed by atoms with E-state index in [2.05, 4.69) is 19.8 Å². The molecule has 2 aliphatic heterocycles. The lowest BCUT2D eigenvalue weighted by Crippen LogP contribution is -2.45. The van der Waals surface area contributed by atoms with Crippen LogP contribution in [0.5, 0.6) is 0 Å². The fourth-order valence-corrected chi connectivity index (χ4v) is 4.86. The fourth-order valence-electron chi connectivity index (χ4n) is 4.86. The van der Waals surface area contributed by atoms with Crippen LogP contribution in [0, 0.1) is 11.6 Å². The van der Waals surface area contributed by atoms with Gasteiger partial charge >= 0.3 is 0 Å². The molecule has 0 saturated carbocycles. The molecule has 2 fully saturated rings. The number of halogens is 2. The van der Waals surface area contributed by atoms with Crippen LogP contribution >= 0.6 is 0 Å². The maximum absolute atomic E-state index is 13.3. The molecule has 0 radical (unpaired) electrons. The van der Waals surface area contributed by atoms with Gasteiger partial charge in [-0.15, -0.1) is 0 Å². The van der Waals surface area contributed by atoms with Gasteiger partial charge in [0.15, 0.2) is 0 Å². The molecule has 2 aromatic heterocycles. The smallest absolute Gasteiger partial charge is 0.141 e. The molecule has 1 N–H and O–H groups in total. The number of hydrogen-bond acceptors (Lipinski definition) is 5. The van der Waals surface area contributed by atoms with Gasteiger partial charge in [-0.2, -0.15) is 0 Å². The fraction of sp³-hybridized carbons (Fsp3) is 0.565. The summed E-state index contributed by atoms with van der Waals surface area (Å²) in [6, 6.07) is 6.66. The van der Waals surface area contributed by atoms with Crippen LogP contribution in [0.4, 0.5) is 8.78 Å². The molecule has 4 rings (SSSR count). The van der Waals surface area contributed by atoms with E-state index in [9.17, 15) is 13.9 Å². The van der Waals surface area contributed by atoms with Crippen molar-refractivity contribution >= 4 is 0 Å². The van der Waals surface area contributed by atoms with Gasteiger partial charge in [0.25, 0.3) is 0 Å². The number of piperidine rings is 2.